The number of thiophene rings is 1. The van der Waals surface area contributed by atoms with Gasteiger partial charge in [-0.05, 0) is 66.6 Å². The van der Waals surface area contributed by atoms with Crippen molar-refractivity contribution in [2.45, 2.75) is 45.0 Å². The molecule has 2 amide bonds. The van der Waals surface area contributed by atoms with Crippen molar-refractivity contribution >= 4 is 34.2 Å². The lowest BCUT2D eigenvalue weighted by atomic mass is 10.1. The second kappa shape index (κ2) is 11.7. The number of aromatic nitrogens is 3. The van der Waals surface area contributed by atoms with E-state index >= 15 is 0 Å². The summed E-state index contributed by atoms with van der Waals surface area (Å²) in [5.74, 6) is 0.263. The van der Waals surface area contributed by atoms with Crippen molar-refractivity contribution in [3.8, 4) is 5.75 Å². The molecule has 0 radical (unpaired) electrons. The van der Waals surface area contributed by atoms with E-state index in [1.807, 2.05) is 66.9 Å². The standard InChI is InChI=1S/C28H31N5O4S/c1-19-13-15-38-27(19)26(28(35)29-16-22-6-5-14-37-22)32(17-20-9-11-21(36-2)12-10-20)25(34)18-33-24-8-4-3-7-23(24)30-31-33/h3-4,7-13,15,22,26H,5-6,14,16-18H2,1-2H3,(H,29,35)/t22-,26+/m1/s1. The van der Waals surface area contributed by atoms with Crippen LogP contribution in [0.25, 0.3) is 11.0 Å². The molecule has 2 aromatic carbocycles. The molecule has 2 aromatic heterocycles. The zero-order valence-electron chi connectivity index (χ0n) is 21.5. The maximum atomic E-state index is 14.0. The lowest BCUT2D eigenvalue weighted by molar-refractivity contribution is -0.142. The Bertz CT molecular complexity index is 1390. The Morgan fingerprint density at radius 1 is 1.21 bits per heavy atom. The summed E-state index contributed by atoms with van der Waals surface area (Å²) in [5, 5.41) is 13.4. The van der Waals surface area contributed by atoms with E-state index < -0.39 is 6.04 Å². The van der Waals surface area contributed by atoms with Gasteiger partial charge in [0.1, 0.15) is 23.9 Å². The van der Waals surface area contributed by atoms with Crippen LogP contribution in [0.15, 0.2) is 60.0 Å². The molecule has 0 saturated carbocycles. The predicted octanol–water partition coefficient (Wildman–Crippen LogP) is 3.88. The van der Waals surface area contributed by atoms with Crippen LogP contribution in [-0.4, -0.2) is 58.1 Å². The van der Waals surface area contributed by atoms with Crippen LogP contribution in [0.1, 0.15) is 34.9 Å². The van der Waals surface area contributed by atoms with E-state index in [4.69, 9.17) is 9.47 Å². The number of ether oxygens (including phenoxy) is 2. The minimum Gasteiger partial charge on any atom is -0.497 e. The summed E-state index contributed by atoms with van der Waals surface area (Å²) >= 11 is 1.48. The Kier molecular flexibility index (Phi) is 8.00. The number of aryl methyl sites for hydroxylation is 1. The molecule has 5 rings (SSSR count). The summed E-state index contributed by atoms with van der Waals surface area (Å²) in [6, 6.07) is 16.2. The lowest BCUT2D eigenvalue weighted by Crippen LogP contribution is -2.46. The normalized spacial score (nSPS) is 15.9. The van der Waals surface area contributed by atoms with Crippen LogP contribution in [0.2, 0.25) is 0 Å². The van der Waals surface area contributed by atoms with Gasteiger partial charge in [0.15, 0.2) is 0 Å². The third kappa shape index (κ3) is 5.71. The Hall–Kier alpha value is -3.76. The second-order valence-electron chi connectivity index (χ2n) is 9.36. The van der Waals surface area contributed by atoms with Crippen LogP contribution in [0.4, 0.5) is 0 Å². The first kappa shape index (κ1) is 25.9. The maximum absolute atomic E-state index is 14.0. The minimum absolute atomic E-state index is 0.00344. The summed E-state index contributed by atoms with van der Waals surface area (Å²) in [4.78, 5) is 30.3. The summed E-state index contributed by atoms with van der Waals surface area (Å²) in [6.07, 6.45) is 1.90. The van der Waals surface area contributed by atoms with E-state index in [1.165, 1.54) is 11.3 Å². The van der Waals surface area contributed by atoms with Crippen molar-refractivity contribution in [2.24, 2.45) is 0 Å². The predicted molar refractivity (Wildman–Crippen MR) is 145 cm³/mol. The van der Waals surface area contributed by atoms with Crippen molar-refractivity contribution in [3.05, 3.63) is 76.0 Å². The van der Waals surface area contributed by atoms with Gasteiger partial charge in [-0.1, -0.05) is 29.5 Å². The van der Waals surface area contributed by atoms with Gasteiger partial charge in [-0.15, -0.1) is 16.4 Å². The molecule has 0 aliphatic carbocycles. The highest BCUT2D eigenvalue weighted by Gasteiger charge is 2.34. The van der Waals surface area contributed by atoms with E-state index in [0.717, 1.165) is 40.1 Å². The van der Waals surface area contributed by atoms with Crippen LogP contribution < -0.4 is 10.1 Å². The van der Waals surface area contributed by atoms with E-state index in [9.17, 15) is 9.59 Å². The largest absolute Gasteiger partial charge is 0.497 e. The number of amides is 2. The van der Waals surface area contributed by atoms with Crippen molar-refractivity contribution in [1.82, 2.24) is 25.2 Å². The fourth-order valence-corrected chi connectivity index (χ4v) is 5.72. The number of rotatable bonds is 10. The molecular weight excluding hydrogens is 502 g/mol. The number of hydrogen-bond donors (Lipinski definition) is 1. The summed E-state index contributed by atoms with van der Waals surface area (Å²) < 4.78 is 12.6. The third-order valence-corrected chi connectivity index (χ3v) is 7.85. The van der Waals surface area contributed by atoms with E-state index in [1.54, 1.807) is 16.7 Å². The summed E-state index contributed by atoms with van der Waals surface area (Å²) in [5.41, 5.74) is 3.32. The Morgan fingerprint density at radius 2 is 2.03 bits per heavy atom. The molecule has 1 saturated heterocycles. The lowest BCUT2D eigenvalue weighted by Gasteiger charge is -2.31. The number of hydrogen-bond acceptors (Lipinski definition) is 7. The molecule has 2 atom stereocenters. The first-order chi connectivity index (χ1) is 18.5. The highest BCUT2D eigenvalue weighted by Crippen LogP contribution is 2.31. The number of methoxy groups -OCH3 is 1. The number of carbonyl (C=O) groups is 2. The molecule has 9 nitrogen and oxygen atoms in total. The van der Waals surface area contributed by atoms with Gasteiger partial charge in [-0.3, -0.25) is 9.59 Å². The maximum Gasteiger partial charge on any atom is 0.248 e. The molecule has 1 fully saturated rings. The fourth-order valence-electron chi connectivity index (χ4n) is 4.69. The molecule has 38 heavy (non-hydrogen) atoms. The van der Waals surface area contributed by atoms with Crippen LogP contribution in [0, 0.1) is 6.92 Å². The van der Waals surface area contributed by atoms with E-state index in [2.05, 4.69) is 15.6 Å². The van der Waals surface area contributed by atoms with Gasteiger partial charge in [-0.2, -0.15) is 0 Å². The zero-order valence-corrected chi connectivity index (χ0v) is 22.3. The number of nitrogens with one attached hydrogen (secondary N) is 1. The van der Waals surface area contributed by atoms with Gasteiger partial charge in [0.2, 0.25) is 11.8 Å². The SMILES string of the molecule is COc1ccc(CN(C(=O)Cn2nnc3ccccc32)[C@H](C(=O)NC[C@H]2CCCO2)c2sccc2C)cc1. The van der Waals surface area contributed by atoms with Gasteiger partial charge >= 0.3 is 0 Å². The molecule has 0 spiro atoms. The van der Waals surface area contributed by atoms with Crippen LogP contribution >= 0.6 is 11.3 Å². The van der Waals surface area contributed by atoms with E-state index in [-0.39, 0.29) is 31.0 Å². The number of para-hydroxylation sites is 1. The van der Waals surface area contributed by atoms with E-state index in [0.29, 0.717) is 18.7 Å². The molecule has 198 valence electrons. The molecule has 10 heteroatoms. The Labute approximate surface area is 225 Å². The minimum atomic E-state index is -0.805. The van der Waals surface area contributed by atoms with Gasteiger partial charge in [0.05, 0.1) is 18.7 Å². The first-order valence-corrected chi connectivity index (χ1v) is 13.6. The van der Waals surface area contributed by atoms with Crippen molar-refractivity contribution in [2.75, 3.05) is 20.3 Å². The Balaban J connectivity index is 1.48. The quantitative estimate of drug-likeness (QED) is 0.332. The van der Waals surface area contributed by atoms with Crippen LogP contribution in [0.5, 0.6) is 5.75 Å². The third-order valence-electron chi connectivity index (χ3n) is 6.78. The molecule has 3 heterocycles. The monoisotopic (exact) mass is 533 g/mol. The average Bonchev–Trinajstić information content (AvgIpc) is 3.70. The van der Waals surface area contributed by atoms with Crippen LogP contribution in [0.3, 0.4) is 0 Å². The highest BCUT2D eigenvalue weighted by atomic mass is 32.1. The molecule has 0 bridgehead atoms. The first-order valence-electron chi connectivity index (χ1n) is 12.7. The average molecular weight is 534 g/mol. The molecule has 1 aliphatic heterocycles. The second-order valence-corrected chi connectivity index (χ2v) is 10.3. The van der Waals surface area contributed by atoms with Crippen molar-refractivity contribution in [3.63, 3.8) is 0 Å². The van der Waals surface area contributed by atoms with Gasteiger partial charge in [-0.25, -0.2) is 4.68 Å². The van der Waals surface area contributed by atoms with Crippen molar-refractivity contribution < 1.29 is 19.1 Å². The molecule has 4 aromatic rings. The number of carbonyl (C=O) groups excluding carboxylic acids is 2. The smallest absolute Gasteiger partial charge is 0.248 e. The van der Waals surface area contributed by atoms with Gasteiger partial charge in [0.25, 0.3) is 0 Å². The summed E-state index contributed by atoms with van der Waals surface area (Å²) in [6.45, 7) is 3.29. The number of nitrogens with zero attached hydrogens (tertiary/aromatic N) is 4. The zero-order chi connectivity index (χ0) is 26.5. The number of benzene rings is 2. The Morgan fingerprint density at radius 3 is 2.74 bits per heavy atom. The molecule has 0 unspecified atom stereocenters. The van der Waals surface area contributed by atoms with Gasteiger partial charge < -0.3 is 19.7 Å². The topological polar surface area (TPSA) is 98.6 Å². The van der Waals surface area contributed by atoms with Crippen LogP contribution in [-0.2, 0) is 27.4 Å². The summed E-state index contributed by atoms with van der Waals surface area (Å²) in [7, 11) is 1.61. The molecular formula is C28H31N5O4S. The highest BCUT2D eigenvalue weighted by molar-refractivity contribution is 7.10. The number of fused-ring (bicyclic) bond motifs is 1. The molecule has 1 N–H and O–H groups in total. The van der Waals surface area contributed by atoms with Crippen molar-refractivity contribution in [1.29, 1.82) is 0 Å². The van der Waals surface area contributed by atoms with Gasteiger partial charge in [0, 0.05) is 24.6 Å². The molecule has 1 aliphatic rings. The fraction of sp³-hybridized carbons (Fsp3) is 0.357.